The summed E-state index contributed by atoms with van der Waals surface area (Å²) >= 11 is 9.37. The van der Waals surface area contributed by atoms with E-state index in [0.717, 1.165) is 27.9 Å². The molecule has 1 rings (SSSR count). The van der Waals surface area contributed by atoms with Crippen LogP contribution < -0.4 is 5.73 Å². The van der Waals surface area contributed by atoms with E-state index in [0.29, 0.717) is 5.92 Å². The summed E-state index contributed by atoms with van der Waals surface area (Å²) in [5.41, 5.74) is 7.26. The van der Waals surface area contributed by atoms with Crippen LogP contribution in [0.1, 0.15) is 38.3 Å². The molecule has 0 radical (unpaired) electrons. The van der Waals surface area contributed by atoms with E-state index >= 15 is 0 Å². The van der Waals surface area contributed by atoms with Crippen LogP contribution in [0.2, 0.25) is 5.02 Å². The molecule has 1 nitrogen and oxygen atoms in total. The van der Waals surface area contributed by atoms with Crippen LogP contribution in [0.4, 0.5) is 0 Å². The zero-order valence-electron chi connectivity index (χ0n) is 9.13. The van der Waals surface area contributed by atoms with Crippen LogP contribution in [-0.2, 0) is 0 Å². The molecule has 2 N–H and O–H groups in total. The number of hydrogen-bond acceptors (Lipinski definition) is 1. The van der Waals surface area contributed by atoms with Gasteiger partial charge in [0, 0.05) is 15.5 Å². The molecular weight excluding hydrogens is 273 g/mol. The quantitative estimate of drug-likeness (QED) is 0.865. The number of hydrogen-bond donors (Lipinski definition) is 1. The minimum Gasteiger partial charge on any atom is -0.324 e. The van der Waals surface area contributed by atoms with E-state index < -0.39 is 0 Å². The fraction of sp³-hybridized carbons (Fsp3) is 0.500. The SMILES string of the molecule is CC(C)CC[C@@H](N)c1ccc(Cl)cc1Br. The van der Waals surface area contributed by atoms with Crippen LogP contribution in [0, 0.1) is 5.92 Å². The van der Waals surface area contributed by atoms with Crippen molar-refractivity contribution in [2.75, 3.05) is 0 Å². The standard InChI is InChI=1S/C12H17BrClN/c1-8(2)3-6-12(15)10-5-4-9(14)7-11(10)13/h4-5,7-8,12H,3,6,15H2,1-2H3/t12-/m1/s1. The Morgan fingerprint density at radius 3 is 2.53 bits per heavy atom. The lowest BCUT2D eigenvalue weighted by Crippen LogP contribution is -2.11. The largest absolute Gasteiger partial charge is 0.324 e. The third-order valence-electron chi connectivity index (χ3n) is 2.42. The molecule has 0 unspecified atom stereocenters. The molecule has 1 aromatic carbocycles. The van der Waals surface area contributed by atoms with Gasteiger partial charge in [-0.3, -0.25) is 0 Å². The maximum absolute atomic E-state index is 6.12. The highest BCUT2D eigenvalue weighted by Gasteiger charge is 2.10. The van der Waals surface area contributed by atoms with Gasteiger partial charge < -0.3 is 5.73 Å². The zero-order valence-corrected chi connectivity index (χ0v) is 11.5. The van der Waals surface area contributed by atoms with Crippen LogP contribution in [-0.4, -0.2) is 0 Å². The molecule has 0 amide bonds. The predicted octanol–water partition coefficient (Wildman–Crippen LogP) is 4.54. The third-order valence-corrected chi connectivity index (χ3v) is 3.34. The van der Waals surface area contributed by atoms with Gasteiger partial charge in [-0.25, -0.2) is 0 Å². The number of benzene rings is 1. The topological polar surface area (TPSA) is 26.0 Å². The van der Waals surface area contributed by atoms with Crippen molar-refractivity contribution < 1.29 is 0 Å². The molecule has 0 aromatic heterocycles. The van der Waals surface area contributed by atoms with E-state index in [1.807, 2.05) is 18.2 Å². The molecule has 0 heterocycles. The van der Waals surface area contributed by atoms with Crippen LogP contribution in [0.25, 0.3) is 0 Å². The highest BCUT2D eigenvalue weighted by Crippen LogP contribution is 2.28. The Morgan fingerprint density at radius 2 is 2.00 bits per heavy atom. The van der Waals surface area contributed by atoms with Gasteiger partial charge in [-0.15, -0.1) is 0 Å². The van der Waals surface area contributed by atoms with Crippen molar-refractivity contribution >= 4 is 27.5 Å². The molecule has 0 saturated heterocycles. The molecular formula is C12H17BrClN. The Morgan fingerprint density at radius 1 is 1.33 bits per heavy atom. The van der Waals surface area contributed by atoms with Gasteiger partial charge in [-0.1, -0.05) is 47.4 Å². The lowest BCUT2D eigenvalue weighted by atomic mass is 9.98. The summed E-state index contributed by atoms with van der Waals surface area (Å²) in [7, 11) is 0. The molecule has 84 valence electrons. The van der Waals surface area contributed by atoms with Crippen LogP contribution >= 0.6 is 27.5 Å². The Labute approximate surface area is 105 Å². The maximum Gasteiger partial charge on any atom is 0.0417 e. The van der Waals surface area contributed by atoms with Crippen molar-refractivity contribution in [2.24, 2.45) is 11.7 Å². The van der Waals surface area contributed by atoms with Crippen molar-refractivity contribution in [2.45, 2.75) is 32.7 Å². The Kier molecular flexibility index (Phi) is 5.10. The van der Waals surface area contributed by atoms with Crippen molar-refractivity contribution in [1.82, 2.24) is 0 Å². The first-order valence-corrected chi connectivity index (χ1v) is 6.38. The van der Waals surface area contributed by atoms with Crippen LogP contribution in [0.15, 0.2) is 22.7 Å². The molecule has 0 fully saturated rings. The van der Waals surface area contributed by atoms with Gasteiger partial charge in [0.05, 0.1) is 0 Å². The Bertz CT molecular complexity index is 325. The third kappa shape index (κ3) is 4.13. The zero-order chi connectivity index (χ0) is 11.4. The first-order valence-electron chi connectivity index (χ1n) is 5.21. The Balaban J connectivity index is 2.69. The van der Waals surface area contributed by atoms with Gasteiger partial charge in [0.15, 0.2) is 0 Å². The van der Waals surface area contributed by atoms with Gasteiger partial charge in [-0.2, -0.15) is 0 Å². The van der Waals surface area contributed by atoms with Gasteiger partial charge in [0.1, 0.15) is 0 Å². The van der Waals surface area contributed by atoms with Gasteiger partial charge in [0.25, 0.3) is 0 Å². The summed E-state index contributed by atoms with van der Waals surface area (Å²) in [6.45, 7) is 4.42. The molecule has 0 aliphatic carbocycles. The molecule has 15 heavy (non-hydrogen) atoms. The van der Waals surface area contributed by atoms with Crippen molar-refractivity contribution in [1.29, 1.82) is 0 Å². The lowest BCUT2D eigenvalue weighted by molar-refractivity contribution is 0.506. The fourth-order valence-electron chi connectivity index (χ4n) is 1.47. The average molecular weight is 291 g/mol. The predicted molar refractivity (Wildman–Crippen MR) is 70.2 cm³/mol. The van der Waals surface area contributed by atoms with E-state index in [-0.39, 0.29) is 6.04 Å². The summed E-state index contributed by atoms with van der Waals surface area (Å²) < 4.78 is 1.01. The molecule has 0 spiro atoms. The first kappa shape index (κ1) is 13.0. The molecule has 3 heteroatoms. The van der Waals surface area contributed by atoms with Crippen molar-refractivity contribution in [3.8, 4) is 0 Å². The van der Waals surface area contributed by atoms with E-state index in [1.165, 1.54) is 0 Å². The molecule has 0 aliphatic heterocycles. The second kappa shape index (κ2) is 5.88. The fourth-order valence-corrected chi connectivity index (χ4v) is 2.45. The molecule has 0 aliphatic rings. The average Bonchev–Trinajstić information content (AvgIpc) is 2.14. The molecule has 0 saturated carbocycles. The number of halogens is 2. The minimum atomic E-state index is 0.0963. The van der Waals surface area contributed by atoms with Crippen molar-refractivity contribution in [3.63, 3.8) is 0 Å². The lowest BCUT2D eigenvalue weighted by Gasteiger charge is -2.15. The first-order chi connectivity index (χ1) is 7.00. The summed E-state index contributed by atoms with van der Waals surface area (Å²) in [6, 6.07) is 5.87. The number of nitrogens with two attached hydrogens (primary N) is 1. The van der Waals surface area contributed by atoms with Gasteiger partial charge in [-0.05, 0) is 36.5 Å². The van der Waals surface area contributed by atoms with E-state index in [2.05, 4.69) is 29.8 Å². The Hall–Kier alpha value is -0.0500. The number of rotatable bonds is 4. The van der Waals surface area contributed by atoms with E-state index in [1.54, 1.807) is 0 Å². The van der Waals surface area contributed by atoms with Gasteiger partial charge in [0.2, 0.25) is 0 Å². The van der Waals surface area contributed by atoms with Crippen molar-refractivity contribution in [3.05, 3.63) is 33.3 Å². The second-order valence-corrected chi connectivity index (χ2v) is 5.53. The smallest absolute Gasteiger partial charge is 0.0417 e. The summed E-state index contributed by atoms with van der Waals surface area (Å²) in [5.74, 6) is 0.696. The molecule has 1 atom stereocenters. The monoisotopic (exact) mass is 289 g/mol. The highest BCUT2D eigenvalue weighted by molar-refractivity contribution is 9.10. The second-order valence-electron chi connectivity index (χ2n) is 4.24. The summed E-state index contributed by atoms with van der Waals surface area (Å²) in [4.78, 5) is 0. The van der Waals surface area contributed by atoms with E-state index in [4.69, 9.17) is 17.3 Å². The van der Waals surface area contributed by atoms with E-state index in [9.17, 15) is 0 Å². The van der Waals surface area contributed by atoms with Crippen LogP contribution in [0.5, 0.6) is 0 Å². The molecule has 1 aromatic rings. The minimum absolute atomic E-state index is 0.0963. The summed E-state index contributed by atoms with van der Waals surface area (Å²) in [6.07, 6.45) is 2.16. The van der Waals surface area contributed by atoms with Crippen LogP contribution in [0.3, 0.4) is 0 Å². The maximum atomic E-state index is 6.12. The van der Waals surface area contributed by atoms with Gasteiger partial charge >= 0.3 is 0 Å². The highest BCUT2D eigenvalue weighted by atomic mass is 79.9. The molecule has 0 bridgehead atoms. The summed E-state index contributed by atoms with van der Waals surface area (Å²) in [5, 5.41) is 0.738. The normalized spacial score (nSPS) is 13.2.